The number of carbonyl (C=O) groups excluding carboxylic acids is 2. The number of thiophene rings is 1. The second-order valence-electron chi connectivity index (χ2n) is 8.66. The molecule has 0 spiro atoms. The highest BCUT2D eigenvalue weighted by atomic mass is 32.1. The molecule has 0 radical (unpaired) electrons. The topological polar surface area (TPSA) is 59.1 Å². The third-order valence-electron chi connectivity index (χ3n) is 6.33. The summed E-state index contributed by atoms with van der Waals surface area (Å²) in [6.07, 6.45) is 1.48. The molecule has 1 aliphatic rings. The SMILES string of the molecule is COCCCN(CC(=O)N1CCc2sccc2C1c1ccccc1C)C(=O)COc1ccccc1. The number of aryl methyl sites for hydroxylation is 1. The third-order valence-corrected chi connectivity index (χ3v) is 7.33. The predicted molar refractivity (Wildman–Crippen MR) is 138 cm³/mol. The van der Waals surface area contributed by atoms with Crippen LogP contribution in [0.1, 0.15) is 34.0 Å². The van der Waals surface area contributed by atoms with Crippen LogP contribution >= 0.6 is 11.3 Å². The zero-order valence-electron chi connectivity index (χ0n) is 20.3. The maximum Gasteiger partial charge on any atom is 0.260 e. The van der Waals surface area contributed by atoms with Crippen molar-refractivity contribution in [3.05, 3.63) is 87.6 Å². The van der Waals surface area contributed by atoms with E-state index in [1.54, 1.807) is 23.3 Å². The average Bonchev–Trinajstić information content (AvgIpc) is 3.36. The summed E-state index contributed by atoms with van der Waals surface area (Å²) < 4.78 is 10.9. The number of methoxy groups -OCH3 is 1. The zero-order chi connectivity index (χ0) is 24.6. The molecule has 1 aromatic heterocycles. The molecule has 0 aliphatic carbocycles. The van der Waals surface area contributed by atoms with Gasteiger partial charge in [-0.25, -0.2) is 0 Å². The van der Waals surface area contributed by atoms with Crippen LogP contribution < -0.4 is 4.74 Å². The van der Waals surface area contributed by atoms with Gasteiger partial charge in [-0.2, -0.15) is 0 Å². The molecule has 7 heteroatoms. The number of para-hydroxylation sites is 1. The Kier molecular flexibility index (Phi) is 8.55. The van der Waals surface area contributed by atoms with Crippen molar-refractivity contribution in [3.63, 3.8) is 0 Å². The first-order valence-electron chi connectivity index (χ1n) is 11.9. The summed E-state index contributed by atoms with van der Waals surface area (Å²) in [6, 6.07) is 19.5. The summed E-state index contributed by atoms with van der Waals surface area (Å²) >= 11 is 1.75. The molecule has 0 fully saturated rings. The zero-order valence-corrected chi connectivity index (χ0v) is 21.1. The van der Waals surface area contributed by atoms with E-state index >= 15 is 0 Å². The molecule has 6 nitrogen and oxygen atoms in total. The summed E-state index contributed by atoms with van der Waals surface area (Å²) in [5, 5.41) is 2.10. The van der Waals surface area contributed by atoms with Crippen molar-refractivity contribution in [1.82, 2.24) is 9.80 Å². The molecule has 2 heterocycles. The fourth-order valence-electron chi connectivity index (χ4n) is 4.51. The van der Waals surface area contributed by atoms with Crippen molar-refractivity contribution in [2.24, 2.45) is 0 Å². The van der Waals surface area contributed by atoms with Crippen molar-refractivity contribution in [1.29, 1.82) is 0 Å². The molecule has 1 aliphatic heterocycles. The Labute approximate surface area is 211 Å². The van der Waals surface area contributed by atoms with Crippen LogP contribution in [0.2, 0.25) is 0 Å². The lowest BCUT2D eigenvalue weighted by Gasteiger charge is -2.38. The number of hydrogen-bond donors (Lipinski definition) is 0. The third kappa shape index (κ3) is 6.10. The lowest BCUT2D eigenvalue weighted by Crippen LogP contribution is -2.48. The van der Waals surface area contributed by atoms with Crippen LogP contribution in [0.15, 0.2) is 66.0 Å². The molecule has 0 N–H and O–H groups in total. The van der Waals surface area contributed by atoms with Gasteiger partial charge >= 0.3 is 0 Å². The number of nitrogens with zero attached hydrogens (tertiary/aromatic N) is 2. The molecule has 0 saturated carbocycles. The first kappa shape index (κ1) is 24.9. The van der Waals surface area contributed by atoms with E-state index in [-0.39, 0.29) is 31.0 Å². The van der Waals surface area contributed by atoms with Gasteiger partial charge in [0, 0.05) is 31.7 Å². The standard InChI is InChI=1S/C28H32N2O4S/c1-21-9-6-7-12-23(21)28-24-14-18-35-25(24)13-16-30(28)26(31)19-29(15-8-17-33-2)27(32)20-34-22-10-4-3-5-11-22/h3-7,9-12,14,18,28H,8,13,15-17,19-20H2,1-2H3. The normalized spacial score (nSPS) is 14.9. The highest BCUT2D eigenvalue weighted by molar-refractivity contribution is 7.10. The van der Waals surface area contributed by atoms with Gasteiger partial charge in [0.05, 0.1) is 12.6 Å². The predicted octanol–water partition coefficient (Wildman–Crippen LogP) is 4.47. The van der Waals surface area contributed by atoms with E-state index in [9.17, 15) is 9.59 Å². The summed E-state index contributed by atoms with van der Waals surface area (Å²) in [5.74, 6) is 0.365. The first-order valence-corrected chi connectivity index (χ1v) is 12.8. The van der Waals surface area contributed by atoms with Gasteiger partial charge in [-0.3, -0.25) is 9.59 Å². The maximum absolute atomic E-state index is 13.7. The first-order chi connectivity index (χ1) is 17.1. The van der Waals surface area contributed by atoms with Gasteiger partial charge in [0.25, 0.3) is 5.91 Å². The summed E-state index contributed by atoms with van der Waals surface area (Å²) in [5.41, 5.74) is 3.47. The van der Waals surface area contributed by atoms with E-state index in [0.717, 1.165) is 17.5 Å². The molecule has 35 heavy (non-hydrogen) atoms. The highest BCUT2D eigenvalue weighted by Crippen LogP contribution is 2.39. The number of amides is 2. The lowest BCUT2D eigenvalue weighted by atomic mass is 9.90. The summed E-state index contributed by atoms with van der Waals surface area (Å²) in [6.45, 7) is 3.57. The second-order valence-corrected chi connectivity index (χ2v) is 9.66. The highest BCUT2D eigenvalue weighted by Gasteiger charge is 2.34. The fraction of sp³-hybridized carbons (Fsp3) is 0.357. The Morgan fingerprint density at radius 2 is 1.83 bits per heavy atom. The molecule has 2 aromatic carbocycles. The molecular weight excluding hydrogens is 460 g/mol. The van der Waals surface area contributed by atoms with Crippen LogP contribution in [0, 0.1) is 6.92 Å². The van der Waals surface area contributed by atoms with Gasteiger partial charge in [-0.1, -0.05) is 42.5 Å². The largest absolute Gasteiger partial charge is 0.484 e. The van der Waals surface area contributed by atoms with Gasteiger partial charge in [0.1, 0.15) is 5.75 Å². The molecule has 0 saturated heterocycles. The van der Waals surface area contributed by atoms with Crippen molar-refractivity contribution in [3.8, 4) is 5.75 Å². The lowest BCUT2D eigenvalue weighted by molar-refractivity contribution is -0.143. The molecule has 1 unspecified atom stereocenters. The quantitative estimate of drug-likeness (QED) is 0.392. The van der Waals surface area contributed by atoms with Gasteiger partial charge < -0.3 is 19.3 Å². The van der Waals surface area contributed by atoms with Gasteiger partial charge in [-0.05, 0) is 60.0 Å². The van der Waals surface area contributed by atoms with Gasteiger partial charge in [0.15, 0.2) is 6.61 Å². The minimum atomic E-state index is -0.209. The minimum absolute atomic E-state index is 0.0164. The molecule has 1 atom stereocenters. The molecule has 2 amide bonds. The van der Waals surface area contributed by atoms with Crippen LogP contribution in [-0.2, 0) is 20.7 Å². The van der Waals surface area contributed by atoms with E-state index in [2.05, 4.69) is 30.5 Å². The number of benzene rings is 2. The monoisotopic (exact) mass is 492 g/mol. The Morgan fingerprint density at radius 1 is 1.06 bits per heavy atom. The number of ether oxygens (including phenoxy) is 2. The Hall–Kier alpha value is -3.16. The molecule has 3 aromatic rings. The number of carbonyl (C=O) groups is 2. The van der Waals surface area contributed by atoms with Crippen molar-refractivity contribution < 1.29 is 19.1 Å². The Bertz CT molecular complexity index is 1130. The minimum Gasteiger partial charge on any atom is -0.484 e. The average molecular weight is 493 g/mol. The van der Waals surface area contributed by atoms with Crippen molar-refractivity contribution in [2.75, 3.05) is 40.0 Å². The van der Waals surface area contributed by atoms with Crippen LogP contribution in [-0.4, -0.2) is 61.6 Å². The van der Waals surface area contributed by atoms with Crippen molar-refractivity contribution in [2.45, 2.75) is 25.8 Å². The summed E-state index contributed by atoms with van der Waals surface area (Å²) in [4.78, 5) is 31.7. The molecular formula is C28H32N2O4S. The molecule has 184 valence electrons. The number of hydrogen-bond acceptors (Lipinski definition) is 5. The van der Waals surface area contributed by atoms with Crippen molar-refractivity contribution >= 4 is 23.2 Å². The second kappa shape index (κ2) is 12.0. The van der Waals surface area contributed by atoms with Crippen LogP contribution in [0.5, 0.6) is 5.75 Å². The van der Waals surface area contributed by atoms with E-state index in [4.69, 9.17) is 9.47 Å². The Balaban J connectivity index is 1.52. The van der Waals surface area contributed by atoms with Gasteiger partial charge in [-0.15, -0.1) is 11.3 Å². The Morgan fingerprint density at radius 3 is 2.60 bits per heavy atom. The van der Waals surface area contributed by atoms with Crippen LogP contribution in [0.25, 0.3) is 0 Å². The van der Waals surface area contributed by atoms with Gasteiger partial charge in [0.2, 0.25) is 5.91 Å². The van der Waals surface area contributed by atoms with E-state index < -0.39 is 0 Å². The van der Waals surface area contributed by atoms with E-state index in [1.165, 1.54) is 10.4 Å². The number of rotatable bonds is 10. The van der Waals surface area contributed by atoms with E-state index in [1.807, 2.05) is 47.4 Å². The van der Waals surface area contributed by atoms with Crippen LogP contribution in [0.4, 0.5) is 0 Å². The van der Waals surface area contributed by atoms with E-state index in [0.29, 0.717) is 31.9 Å². The molecule has 0 bridgehead atoms. The maximum atomic E-state index is 13.7. The molecule has 4 rings (SSSR count). The smallest absolute Gasteiger partial charge is 0.260 e. The summed E-state index contributed by atoms with van der Waals surface area (Å²) in [7, 11) is 1.63. The van der Waals surface area contributed by atoms with Crippen LogP contribution in [0.3, 0.4) is 0 Å². The fourth-order valence-corrected chi connectivity index (χ4v) is 5.42. The number of fused-ring (bicyclic) bond motifs is 1.